The first kappa shape index (κ1) is 12.7. The Hall–Kier alpha value is -0.340. The molecule has 0 aliphatic carbocycles. The van der Waals surface area contributed by atoms with Crippen LogP contribution in [0.1, 0.15) is 13.3 Å². The molecule has 0 radical (unpaired) electrons. The first-order valence-electron chi connectivity index (χ1n) is 3.45. The quantitative estimate of drug-likeness (QED) is 0.699. The van der Waals surface area contributed by atoms with E-state index in [1.54, 1.807) is 6.92 Å². The van der Waals surface area contributed by atoms with Crippen LogP contribution in [0.15, 0.2) is 0 Å². The average molecular weight is 221 g/mol. The Morgan fingerprint density at radius 3 is 2.31 bits per heavy atom. The van der Waals surface area contributed by atoms with Crippen molar-refractivity contribution >= 4 is 10.0 Å². The van der Waals surface area contributed by atoms with Gasteiger partial charge in [0, 0.05) is 0 Å². The van der Waals surface area contributed by atoms with Gasteiger partial charge < -0.3 is 0 Å². The maximum atomic E-state index is 11.5. The Balaban J connectivity index is 3.77. The van der Waals surface area contributed by atoms with Crippen LogP contribution in [0.5, 0.6) is 0 Å². The smallest absolute Gasteiger partial charge is 0.278 e. The molecule has 0 aliphatic heterocycles. The maximum absolute atomic E-state index is 11.5. The van der Waals surface area contributed by atoms with Gasteiger partial charge in [-0.05, 0) is 6.42 Å². The van der Waals surface area contributed by atoms with Crippen molar-refractivity contribution in [3.8, 4) is 0 Å². The van der Waals surface area contributed by atoms with Gasteiger partial charge in [0.1, 0.15) is 0 Å². The molecule has 0 aromatic heterocycles. The molecule has 0 fully saturated rings. The van der Waals surface area contributed by atoms with Crippen LogP contribution < -0.4 is 4.89 Å². The van der Waals surface area contributed by atoms with Crippen molar-refractivity contribution in [3.05, 3.63) is 0 Å². The lowest BCUT2D eigenvalue weighted by Gasteiger charge is -2.07. The highest BCUT2D eigenvalue weighted by molar-refractivity contribution is 7.89. The number of nitrogens with one attached hydrogen (secondary N) is 1. The monoisotopic (exact) mass is 221 g/mol. The summed E-state index contributed by atoms with van der Waals surface area (Å²) in [7, 11) is -3.73. The Morgan fingerprint density at radius 2 is 1.92 bits per heavy atom. The van der Waals surface area contributed by atoms with Crippen molar-refractivity contribution in [2.75, 3.05) is 12.4 Å². The molecule has 0 aromatic carbocycles. The van der Waals surface area contributed by atoms with E-state index in [-0.39, 0.29) is 5.75 Å². The normalized spacial score (nSPS) is 13.2. The number of hydrogen-bond donors (Lipinski definition) is 1. The van der Waals surface area contributed by atoms with Gasteiger partial charge in [-0.2, -0.15) is 13.2 Å². The van der Waals surface area contributed by atoms with Gasteiger partial charge >= 0.3 is 6.18 Å². The molecule has 0 bridgehead atoms. The summed E-state index contributed by atoms with van der Waals surface area (Å²) in [5, 5.41) is 0. The molecule has 0 saturated carbocycles. The van der Waals surface area contributed by atoms with Gasteiger partial charge in [0.25, 0.3) is 0 Å². The molecule has 0 aliphatic rings. The van der Waals surface area contributed by atoms with Gasteiger partial charge in [-0.3, -0.25) is 4.84 Å². The maximum Gasteiger partial charge on any atom is 0.413 e. The predicted molar refractivity (Wildman–Crippen MR) is 39.2 cm³/mol. The largest absolute Gasteiger partial charge is 0.413 e. The number of rotatable bonds is 5. The molecule has 8 heteroatoms. The highest BCUT2D eigenvalue weighted by atomic mass is 32.2. The Bertz CT molecular complexity index is 236. The van der Waals surface area contributed by atoms with Crippen LogP contribution in [0.4, 0.5) is 13.2 Å². The molecule has 0 rings (SSSR count). The minimum atomic E-state index is -4.53. The summed E-state index contributed by atoms with van der Waals surface area (Å²) >= 11 is 0. The number of hydrogen-bond acceptors (Lipinski definition) is 3. The van der Waals surface area contributed by atoms with Gasteiger partial charge in [-0.1, -0.05) is 11.8 Å². The lowest BCUT2D eigenvalue weighted by Crippen LogP contribution is -2.31. The molecule has 0 unspecified atom stereocenters. The van der Waals surface area contributed by atoms with E-state index in [1.807, 2.05) is 0 Å². The lowest BCUT2D eigenvalue weighted by molar-refractivity contribution is -0.181. The van der Waals surface area contributed by atoms with E-state index in [1.165, 1.54) is 4.89 Å². The van der Waals surface area contributed by atoms with Crippen molar-refractivity contribution in [1.29, 1.82) is 0 Å². The van der Waals surface area contributed by atoms with Crippen LogP contribution in [-0.4, -0.2) is 27.0 Å². The molecule has 13 heavy (non-hydrogen) atoms. The van der Waals surface area contributed by atoms with Crippen molar-refractivity contribution < 1.29 is 26.4 Å². The zero-order valence-corrected chi connectivity index (χ0v) is 7.70. The van der Waals surface area contributed by atoms with Crippen molar-refractivity contribution in [1.82, 2.24) is 4.89 Å². The van der Waals surface area contributed by atoms with Crippen molar-refractivity contribution in [3.63, 3.8) is 0 Å². The summed E-state index contributed by atoms with van der Waals surface area (Å²) in [6.07, 6.45) is -4.22. The topological polar surface area (TPSA) is 55.4 Å². The van der Waals surface area contributed by atoms with Crippen LogP contribution in [0, 0.1) is 0 Å². The molecule has 0 amide bonds. The molecule has 1 N–H and O–H groups in total. The standard InChI is InChI=1S/C5H10F3NO3S/c1-2-3-13(10,11)9-12-4-5(6,7)8/h9H,2-4H2,1H3. The predicted octanol–water partition coefficient (Wildman–Crippen LogP) is 0.810. The fourth-order valence-corrected chi connectivity index (χ4v) is 1.37. The van der Waals surface area contributed by atoms with E-state index in [0.29, 0.717) is 6.42 Å². The van der Waals surface area contributed by atoms with Crippen molar-refractivity contribution in [2.45, 2.75) is 19.5 Å². The third-order valence-corrected chi connectivity index (χ3v) is 2.21. The van der Waals surface area contributed by atoms with Gasteiger partial charge in [-0.15, -0.1) is 0 Å². The summed E-state index contributed by atoms with van der Waals surface area (Å²) in [4.78, 5) is 5.12. The Morgan fingerprint density at radius 1 is 1.38 bits per heavy atom. The number of sulfonamides is 1. The highest BCUT2D eigenvalue weighted by Gasteiger charge is 2.28. The summed E-state index contributed by atoms with van der Waals surface area (Å²) in [6, 6.07) is 0. The van der Waals surface area contributed by atoms with E-state index < -0.39 is 22.8 Å². The summed E-state index contributed by atoms with van der Waals surface area (Å²) < 4.78 is 55.8. The molecule has 80 valence electrons. The highest BCUT2D eigenvalue weighted by Crippen LogP contribution is 2.13. The number of halogens is 3. The molecule has 0 saturated heterocycles. The van der Waals surface area contributed by atoms with E-state index >= 15 is 0 Å². The first-order chi connectivity index (χ1) is 5.77. The molecular formula is C5H10F3NO3S. The second kappa shape index (κ2) is 4.77. The first-order valence-corrected chi connectivity index (χ1v) is 5.10. The zero-order chi connectivity index (χ0) is 10.5. The summed E-state index contributed by atoms with van der Waals surface area (Å²) in [6.45, 7) is -0.0427. The van der Waals surface area contributed by atoms with Crippen LogP contribution in [0.2, 0.25) is 0 Å². The lowest BCUT2D eigenvalue weighted by atomic mass is 10.6. The van der Waals surface area contributed by atoms with E-state index in [4.69, 9.17) is 0 Å². The minimum absolute atomic E-state index is 0.259. The minimum Gasteiger partial charge on any atom is -0.278 e. The van der Waals surface area contributed by atoms with Crippen LogP contribution in [-0.2, 0) is 14.9 Å². The van der Waals surface area contributed by atoms with Crippen molar-refractivity contribution in [2.24, 2.45) is 0 Å². The fraction of sp³-hybridized carbons (Fsp3) is 1.00. The van der Waals surface area contributed by atoms with Crippen LogP contribution in [0.25, 0.3) is 0 Å². The Labute approximate surface area is 74.1 Å². The van der Waals surface area contributed by atoms with E-state index in [0.717, 1.165) is 0 Å². The van der Waals surface area contributed by atoms with Crippen LogP contribution >= 0.6 is 0 Å². The molecule has 0 atom stereocenters. The molecule has 0 aromatic rings. The molecular weight excluding hydrogens is 211 g/mol. The van der Waals surface area contributed by atoms with Gasteiger partial charge in [-0.25, -0.2) is 8.42 Å². The SMILES string of the molecule is CCCS(=O)(=O)NOCC(F)(F)F. The summed E-state index contributed by atoms with van der Waals surface area (Å²) in [5.41, 5.74) is 0. The number of alkyl halides is 3. The second-order valence-electron chi connectivity index (χ2n) is 2.31. The summed E-state index contributed by atoms with van der Waals surface area (Å²) in [5.74, 6) is -0.259. The van der Waals surface area contributed by atoms with E-state index in [2.05, 4.69) is 4.84 Å². The van der Waals surface area contributed by atoms with E-state index in [9.17, 15) is 21.6 Å². The fourth-order valence-electron chi connectivity index (χ4n) is 0.511. The zero-order valence-electron chi connectivity index (χ0n) is 6.89. The molecule has 4 nitrogen and oxygen atoms in total. The third-order valence-electron chi connectivity index (χ3n) is 0.895. The second-order valence-corrected chi connectivity index (χ2v) is 4.11. The van der Waals surface area contributed by atoms with Crippen LogP contribution in [0.3, 0.4) is 0 Å². The Kier molecular flexibility index (Phi) is 4.65. The molecule has 0 spiro atoms. The van der Waals surface area contributed by atoms with Gasteiger partial charge in [0.05, 0.1) is 5.75 Å². The molecule has 0 heterocycles. The van der Waals surface area contributed by atoms with Gasteiger partial charge in [0.15, 0.2) is 6.61 Å². The van der Waals surface area contributed by atoms with Gasteiger partial charge in [0.2, 0.25) is 10.0 Å². The third kappa shape index (κ3) is 8.00. The average Bonchev–Trinajstić information content (AvgIpc) is 1.82.